The normalized spacial score (nSPS) is 12.6. The molecule has 0 saturated carbocycles. The quantitative estimate of drug-likeness (QED) is 0.817. The molecule has 0 spiro atoms. The predicted molar refractivity (Wildman–Crippen MR) is 91.5 cm³/mol. The Morgan fingerprint density at radius 2 is 2.05 bits per heavy atom. The molecule has 1 aromatic heterocycles. The molecule has 0 saturated heterocycles. The predicted octanol–water partition coefficient (Wildman–Crippen LogP) is 4.03. The van der Waals surface area contributed by atoms with Crippen molar-refractivity contribution in [2.75, 3.05) is 6.54 Å². The summed E-state index contributed by atoms with van der Waals surface area (Å²) in [6, 6.07) is 8.76. The maximum absolute atomic E-state index is 4.59. The molecule has 0 bridgehead atoms. The van der Waals surface area contributed by atoms with Crippen LogP contribution in [-0.4, -0.2) is 16.3 Å². The van der Waals surface area contributed by atoms with E-state index in [1.807, 2.05) is 11.7 Å². The molecule has 0 fully saturated rings. The van der Waals surface area contributed by atoms with E-state index < -0.39 is 0 Å². The van der Waals surface area contributed by atoms with Crippen molar-refractivity contribution in [2.24, 2.45) is 7.05 Å². The average molecular weight is 350 g/mol. The van der Waals surface area contributed by atoms with Crippen LogP contribution in [0.15, 0.2) is 34.9 Å². The third-order valence-electron chi connectivity index (χ3n) is 3.67. The Bertz CT molecular complexity index is 577. The van der Waals surface area contributed by atoms with Gasteiger partial charge in [-0.1, -0.05) is 48.0 Å². The van der Waals surface area contributed by atoms with Crippen LogP contribution in [0.25, 0.3) is 0 Å². The summed E-state index contributed by atoms with van der Waals surface area (Å²) in [6.07, 6.45) is 5.23. The summed E-state index contributed by atoms with van der Waals surface area (Å²) in [4.78, 5) is 0. The van der Waals surface area contributed by atoms with Gasteiger partial charge in [0, 0.05) is 29.3 Å². The molecule has 0 aliphatic rings. The zero-order valence-corrected chi connectivity index (χ0v) is 14.7. The van der Waals surface area contributed by atoms with Crippen molar-refractivity contribution >= 4 is 15.9 Å². The first-order valence-electron chi connectivity index (χ1n) is 7.64. The van der Waals surface area contributed by atoms with E-state index in [1.165, 1.54) is 21.3 Å². The number of benzene rings is 1. The van der Waals surface area contributed by atoms with E-state index in [0.717, 1.165) is 25.8 Å². The fraction of sp³-hybridized carbons (Fsp3) is 0.471. The second-order valence-corrected chi connectivity index (χ2v) is 6.21. The fourth-order valence-corrected chi connectivity index (χ4v) is 3.06. The Labute approximate surface area is 135 Å². The van der Waals surface area contributed by atoms with E-state index in [1.54, 1.807) is 0 Å². The highest BCUT2D eigenvalue weighted by Crippen LogP contribution is 2.25. The van der Waals surface area contributed by atoms with Gasteiger partial charge >= 0.3 is 0 Å². The van der Waals surface area contributed by atoms with Gasteiger partial charge in [0.25, 0.3) is 0 Å². The van der Waals surface area contributed by atoms with E-state index in [4.69, 9.17) is 0 Å². The molecular formula is C17H24BrN3. The molecule has 3 nitrogen and oxygen atoms in total. The number of halogens is 1. The highest BCUT2D eigenvalue weighted by Gasteiger charge is 2.18. The summed E-state index contributed by atoms with van der Waals surface area (Å²) >= 11 is 3.66. The van der Waals surface area contributed by atoms with Gasteiger partial charge in [0.1, 0.15) is 0 Å². The van der Waals surface area contributed by atoms with Gasteiger partial charge in [-0.15, -0.1) is 0 Å². The van der Waals surface area contributed by atoms with Crippen molar-refractivity contribution in [3.63, 3.8) is 0 Å². The lowest BCUT2D eigenvalue weighted by atomic mass is 9.98. The maximum Gasteiger partial charge on any atom is 0.0669 e. The lowest BCUT2D eigenvalue weighted by Gasteiger charge is -2.19. The van der Waals surface area contributed by atoms with Gasteiger partial charge in [-0.2, -0.15) is 5.10 Å². The first-order chi connectivity index (χ1) is 10.2. The molecule has 0 aliphatic heterocycles. The number of aromatic nitrogens is 2. The van der Waals surface area contributed by atoms with E-state index >= 15 is 0 Å². The molecule has 1 aromatic carbocycles. The van der Waals surface area contributed by atoms with E-state index in [0.29, 0.717) is 6.04 Å². The monoisotopic (exact) mass is 349 g/mol. The van der Waals surface area contributed by atoms with Crippen molar-refractivity contribution in [3.8, 4) is 0 Å². The van der Waals surface area contributed by atoms with Gasteiger partial charge in [-0.3, -0.25) is 4.68 Å². The number of hydrogen-bond donors (Lipinski definition) is 1. The standard InChI is InChI=1S/C17H24BrN3/c1-4-10-19-17(11-13-8-6-7-9-15(13)18)14-12-21(3)20-16(14)5-2/h6-9,12,17,19H,4-5,10-11H2,1-3H3. The second kappa shape index (κ2) is 7.76. The highest BCUT2D eigenvalue weighted by atomic mass is 79.9. The Morgan fingerprint density at radius 3 is 2.71 bits per heavy atom. The van der Waals surface area contributed by atoms with Gasteiger partial charge in [0.05, 0.1) is 5.69 Å². The maximum atomic E-state index is 4.59. The Balaban J connectivity index is 2.27. The largest absolute Gasteiger partial charge is 0.310 e. The SMILES string of the molecule is CCCNC(Cc1ccccc1Br)c1cn(C)nc1CC. The smallest absolute Gasteiger partial charge is 0.0669 e. The van der Waals surface area contributed by atoms with Crippen molar-refractivity contribution in [2.45, 2.75) is 39.2 Å². The minimum atomic E-state index is 0.312. The van der Waals surface area contributed by atoms with Crippen LogP contribution in [0, 0.1) is 0 Å². The molecule has 2 rings (SSSR count). The van der Waals surface area contributed by atoms with Crippen molar-refractivity contribution in [1.82, 2.24) is 15.1 Å². The minimum absolute atomic E-state index is 0.312. The Morgan fingerprint density at radius 1 is 1.29 bits per heavy atom. The third-order valence-corrected chi connectivity index (χ3v) is 4.44. The van der Waals surface area contributed by atoms with Crippen LogP contribution in [0.2, 0.25) is 0 Å². The Kier molecular flexibility index (Phi) is 6.00. The van der Waals surface area contributed by atoms with Crippen molar-refractivity contribution < 1.29 is 0 Å². The summed E-state index contributed by atoms with van der Waals surface area (Å²) < 4.78 is 3.10. The first-order valence-corrected chi connectivity index (χ1v) is 8.44. The summed E-state index contributed by atoms with van der Waals surface area (Å²) in [6.45, 7) is 5.39. The molecular weight excluding hydrogens is 326 g/mol. The minimum Gasteiger partial charge on any atom is -0.310 e. The Hall–Kier alpha value is -1.13. The van der Waals surface area contributed by atoms with Crippen molar-refractivity contribution in [3.05, 3.63) is 51.8 Å². The summed E-state index contributed by atoms with van der Waals surface area (Å²) in [5.41, 5.74) is 3.85. The zero-order valence-electron chi connectivity index (χ0n) is 13.1. The molecule has 1 N–H and O–H groups in total. The average Bonchev–Trinajstić information content (AvgIpc) is 2.86. The van der Waals surface area contributed by atoms with Gasteiger partial charge in [-0.25, -0.2) is 0 Å². The molecule has 1 heterocycles. The molecule has 114 valence electrons. The van der Waals surface area contributed by atoms with Crippen LogP contribution in [0.1, 0.15) is 43.1 Å². The molecule has 1 unspecified atom stereocenters. The fourth-order valence-electron chi connectivity index (χ4n) is 2.61. The van der Waals surface area contributed by atoms with Crippen LogP contribution >= 0.6 is 15.9 Å². The third kappa shape index (κ3) is 4.17. The van der Waals surface area contributed by atoms with Crippen LogP contribution in [0.5, 0.6) is 0 Å². The molecule has 21 heavy (non-hydrogen) atoms. The van der Waals surface area contributed by atoms with E-state index in [-0.39, 0.29) is 0 Å². The number of nitrogens with zero attached hydrogens (tertiary/aromatic N) is 2. The number of aryl methyl sites for hydroxylation is 2. The molecule has 2 aromatic rings. The highest BCUT2D eigenvalue weighted by molar-refractivity contribution is 9.10. The number of nitrogens with one attached hydrogen (secondary N) is 1. The van der Waals surface area contributed by atoms with Crippen LogP contribution in [0.4, 0.5) is 0 Å². The van der Waals surface area contributed by atoms with Crippen LogP contribution in [-0.2, 0) is 19.9 Å². The van der Waals surface area contributed by atoms with E-state index in [9.17, 15) is 0 Å². The first kappa shape index (κ1) is 16.2. The molecule has 0 radical (unpaired) electrons. The molecule has 4 heteroatoms. The molecule has 1 atom stereocenters. The van der Waals surface area contributed by atoms with Gasteiger partial charge < -0.3 is 5.32 Å². The molecule has 0 aliphatic carbocycles. The van der Waals surface area contributed by atoms with Crippen LogP contribution < -0.4 is 5.32 Å². The van der Waals surface area contributed by atoms with Gasteiger partial charge in [-0.05, 0) is 37.4 Å². The summed E-state index contributed by atoms with van der Waals surface area (Å²) in [7, 11) is 2.00. The summed E-state index contributed by atoms with van der Waals surface area (Å²) in [5, 5.41) is 8.26. The van der Waals surface area contributed by atoms with Crippen LogP contribution in [0.3, 0.4) is 0 Å². The number of hydrogen-bond acceptors (Lipinski definition) is 2. The lowest BCUT2D eigenvalue weighted by molar-refractivity contribution is 0.525. The lowest BCUT2D eigenvalue weighted by Crippen LogP contribution is -2.24. The summed E-state index contributed by atoms with van der Waals surface area (Å²) in [5.74, 6) is 0. The van der Waals surface area contributed by atoms with Gasteiger partial charge in [0.15, 0.2) is 0 Å². The zero-order chi connectivity index (χ0) is 15.2. The number of rotatable bonds is 7. The van der Waals surface area contributed by atoms with E-state index in [2.05, 4.69) is 70.7 Å². The topological polar surface area (TPSA) is 29.9 Å². The van der Waals surface area contributed by atoms with Gasteiger partial charge in [0.2, 0.25) is 0 Å². The second-order valence-electron chi connectivity index (χ2n) is 5.36. The van der Waals surface area contributed by atoms with Crippen molar-refractivity contribution in [1.29, 1.82) is 0 Å². The molecule has 0 amide bonds.